The van der Waals surface area contributed by atoms with Gasteiger partial charge in [-0.1, -0.05) is 17.7 Å². The third-order valence-electron chi connectivity index (χ3n) is 2.60. The Morgan fingerprint density at radius 2 is 2.11 bits per heavy atom. The molecule has 1 unspecified atom stereocenters. The van der Waals surface area contributed by atoms with Crippen molar-refractivity contribution >= 4 is 17.6 Å². The molecule has 0 saturated carbocycles. The molecule has 19 heavy (non-hydrogen) atoms. The lowest BCUT2D eigenvalue weighted by molar-refractivity contribution is 0.0655. The summed E-state index contributed by atoms with van der Waals surface area (Å²) in [6, 6.07) is 7.44. The maximum Gasteiger partial charge on any atom is 0.371 e. The molecule has 0 bridgehead atoms. The van der Waals surface area contributed by atoms with Crippen LogP contribution < -0.4 is 4.74 Å². The summed E-state index contributed by atoms with van der Waals surface area (Å²) in [5.74, 6) is -0.908. The minimum atomic E-state index is -1.19. The van der Waals surface area contributed by atoms with Gasteiger partial charge in [0.1, 0.15) is 17.6 Å². The summed E-state index contributed by atoms with van der Waals surface area (Å²) in [6.07, 6.45) is -1.12. The number of carbonyl (C=O) groups is 1. The Kier molecular flexibility index (Phi) is 3.78. The van der Waals surface area contributed by atoms with Gasteiger partial charge in [0.05, 0.1) is 7.11 Å². The zero-order valence-electron chi connectivity index (χ0n) is 9.96. The first-order valence-corrected chi connectivity index (χ1v) is 5.75. The highest BCUT2D eigenvalue weighted by Gasteiger charge is 2.20. The van der Waals surface area contributed by atoms with Crippen LogP contribution in [0.2, 0.25) is 5.02 Å². The third-order valence-corrected chi connectivity index (χ3v) is 2.83. The number of methoxy groups -OCH3 is 1. The molecule has 0 fully saturated rings. The fourth-order valence-corrected chi connectivity index (χ4v) is 1.84. The van der Waals surface area contributed by atoms with E-state index < -0.39 is 12.1 Å². The Morgan fingerprint density at radius 1 is 1.37 bits per heavy atom. The van der Waals surface area contributed by atoms with Crippen molar-refractivity contribution in [2.75, 3.05) is 7.11 Å². The zero-order valence-corrected chi connectivity index (χ0v) is 10.7. The van der Waals surface area contributed by atoms with E-state index in [-0.39, 0.29) is 11.5 Å². The highest BCUT2D eigenvalue weighted by molar-refractivity contribution is 6.30. The molecule has 6 heteroatoms. The van der Waals surface area contributed by atoms with Crippen LogP contribution in [0.4, 0.5) is 0 Å². The van der Waals surface area contributed by atoms with Gasteiger partial charge >= 0.3 is 5.97 Å². The number of carboxylic acid groups (broad SMARTS) is 1. The van der Waals surface area contributed by atoms with Gasteiger partial charge in [-0.3, -0.25) is 0 Å². The molecule has 0 saturated heterocycles. The second-order valence-electron chi connectivity index (χ2n) is 3.80. The van der Waals surface area contributed by atoms with Gasteiger partial charge < -0.3 is 19.4 Å². The van der Waals surface area contributed by atoms with Crippen molar-refractivity contribution in [2.24, 2.45) is 0 Å². The van der Waals surface area contributed by atoms with E-state index in [0.29, 0.717) is 16.3 Å². The summed E-state index contributed by atoms with van der Waals surface area (Å²) in [4.78, 5) is 10.7. The predicted molar refractivity (Wildman–Crippen MR) is 67.7 cm³/mol. The van der Waals surface area contributed by atoms with Gasteiger partial charge in [0.15, 0.2) is 0 Å². The monoisotopic (exact) mass is 282 g/mol. The molecule has 0 aliphatic carbocycles. The first-order chi connectivity index (χ1) is 9.02. The topological polar surface area (TPSA) is 79.9 Å². The highest BCUT2D eigenvalue weighted by Crippen LogP contribution is 2.32. The van der Waals surface area contributed by atoms with E-state index in [2.05, 4.69) is 0 Å². The highest BCUT2D eigenvalue weighted by atomic mass is 35.5. The lowest BCUT2D eigenvalue weighted by Crippen LogP contribution is -2.01. The number of benzene rings is 1. The number of aliphatic hydroxyl groups excluding tert-OH is 1. The molecule has 2 rings (SSSR count). The van der Waals surface area contributed by atoms with E-state index in [1.165, 1.54) is 19.2 Å². The van der Waals surface area contributed by atoms with Gasteiger partial charge in [-0.25, -0.2) is 4.79 Å². The molecule has 100 valence electrons. The van der Waals surface area contributed by atoms with Crippen molar-refractivity contribution in [1.82, 2.24) is 0 Å². The Hall–Kier alpha value is -1.98. The van der Waals surface area contributed by atoms with Crippen molar-refractivity contribution in [1.29, 1.82) is 0 Å². The quantitative estimate of drug-likeness (QED) is 0.901. The minimum absolute atomic E-state index is 0.123. The molecule has 1 atom stereocenters. The van der Waals surface area contributed by atoms with Crippen molar-refractivity contribution in [2.45, 2.75) is 6.10 Å². The maximum atomic E-state index is 10.7. The summed E-state index contributed by atoms with van der Waals surface area (Å²) in [7, 11) is 1.45. The van der Waals surface area contributed by atoms with Crippen LogP contribution in [0, 0.1) is 0 Å². The van der Waals surface area contributed by atoms with Gasteiger partial charge in [-0.2, -0.15) is 0 Å². The molecule has 2 aromatic rings. The average Bonchev–Trinajstić information content (AvgIpc) is 2.87. The predicted octanol–water partition coefficient (Wildman–Crippen LogP) is 2.72. The number of rotatable bonds is 4. The van der Waals surface area contributed by atoms with Gasteiger partial charge in [-0.15, -0.1) is 0 Å². The molecule has 2 N–H and O–H groups in total. The molecule has 1 heterocycles. The first kappa shape index (κ1) is 13.5. The zero-order chi connectivity index (χ0) is 14.0. The Labute approximate surface area is 114 Å². The summed E-state index contributed by atoms with van der Waals surface area (Å²) in [5.41, 5.74) is 0.443. The van der Waals surface area contributed by atoms with Crippen LogP contribution in [0.25, 0.3) is 0 Å². The largest absolute Gasteiger partial charge is 0.496 e. The lowest BCUT2D eigenvalue weighted by atomic mass is 10.1. The van der Waals surface area contributed by atoms with Crippen LogP contribution in [0.1, 0.15) is 28.0 Å². The second kappa shape index (κ2) is 5.34. The van der Waals surface area contributed by atoms with Gasteiger partial charge in [0.2, 0.25) is 5.76 Å². The Bertz CT molecular complexity index is 605. The van der Waals surface area contributed by atoms with E-state index in [1.807, 2.05) is 0 Å². The molecule has 1 aromatic heterocycles. The number of ether oxygens (including phenoxy) is 1. The molecule has 0 spiro atoms. The Balaban J connectivity index is 2.37. The fraction of sp³-hybridized carbons (Fsp3) is 0.154. The number of hydrogen-bond acceptors (Lipinski definition) is 4. The minimum Gasteiger partial charge on any atom is -0.496 e. The van der Waals surface area contributed by atoms with Crippen LogP contribution in [0.15, 0.2) is 34.7 Å². The molecule has 0 aliphatic heterocycles. The van der Waals surface area contributed by atoms with Crippen LogP contribution in [0.5, 0.6) is 5.75 Å². The van der Waals surface area contributed by atoms with E-state index >= 15 is 0 Å². The molecule has 5 nitrogen and oxygen atoms in total. The SMILES string of the molecule is COc1cc(Cl)ccc1C(O)c1ccc(C(=O)O)o1. The maximum absolute atomic E-state index is 10.7. The van der Waals surface area contributed by atoms with E-state index in [4.69, 9.17) is 25.9 Å². The Morgan fingerprint density at radius 3 is 2.68 bits per heavy atom. The van der Waals surface area contributed by atoms with Gasteiger partial charge in [0, 0.05) is 10.6 Å². The average molecular weight is 283 g/mol. The molecule has 0 radical (unpaired) electrons. The van der Waals surface area contributed by atoms with Crippen molar-refractivity contribution in [3.8, 4) is 5.75 Å². The second-order valence-corrected chi connectivity index (χ2v) is 4.23. The fourth-order valence-electron chi connectivity index (χ4n) is 1.68. The van der Waals surface area contributed by atoms with Crippen molar-refractivity contribution in [3.05, 3.63) is 52.4 Å². The number of carboxylic acids is 1. The van der Waals surface area contributed by atoms with Crippen LogP contribution in [-0.4, -0.2) is 23.3 Å². The lowest BCUT2D eigenvalue weighted by Gasteiger charge is -2.13. The van der Waals surface area contributed by atoms with Gasteiger partial charge in [-0.05, 0) is 24.3 Å². The molecule has 0 amide bonds. The molecular weight excluding hydrogens is 272 g/mol. The van der Waals surface area contributed by atoms with Crippen molar-refractivity contribution < 1.29 is 24.2 Å². The van der Waals surface area contributed by atoms with Crippen molar-refractivity contribution in [3.63, 3.8) is 0 Å². The van der Waals surface area contributed by atoms with E-state index in [9.17, 15) is 9.90 Å². The number of aliphatic hydroxyl groups is 1. The number of hydrogen-bond donors (Lipinski definition) is 2. The van der Waals surface area contributed by atoms with Crippen LogP contribution in [0.3, 0.4) is 0 Å². The summed E-state index contributed by atoms with van der Waals surface area (Å²) >= 11 is 5.83. The third kappa shape index (κ3) is 2.72. The van der Waals surface area contributed by atoms with E-state index in [1.54, 1.807) is 18.2 Å². The smallest absolute Gasteiger partial charge is 0.371 e. The van der Waals surface area contributed by atoms with Crippen LogP contribution >= 0.6 is 11.6 Å². The first-order valence-electron chi connectivity index (χ1n) is 5.37. The van der Waals surface area contributed by atoms with Crippen LogP contribution in [-0.2, 0) is 0 Å². The summed E-state index contributed by atoms with van der Waals surface area (Å²) < 4.78 is 10.2. The molecule has 0 aliphatic rings. The normalized spacial score (nSPS) is 12.2. The summed E-state index contributed by atoms with van der Waals surface area (Å²) in [6.45, 7) is 0. The number of halogens is 1. The summed E-state index contributed by atoms with van der Waals surface area (Å²) in [5, 5.41) is 19.4. The molecular formula is C13H11ClO5. The molecule has 1 aromatic carbocycles. The van der Waals surface area contributed by atoms with Gasteiger partial charge in [0.25, 0.3) is 0 Å². The standard InChI is InChI=1S/C13H11ClO5/c1-18-11-6-7(14)2-3-8(11)12(15)9-4-5-10(19-9)13(16)17/h2-6,12,15H,1H3,(H,16,17). The van der Waals surface area contributed by atoms with E-state index in [0.717, 1.165) is 0 Å². The number of aromatic carboxylic acids is 1. The number of furan rings is 1.